The second-order valence-corrected chi connectivity index (χ2v) is 5.40. The normalized spacial score (nSPS) is 17.9. The number of carbonyl (C=O) groups is 1. The molecule has 0 radical (unpaired) electrons. The predicted molar refractivity (Wildman–Crippen MR) is 73.3 cm³/mol. The van der Waals surface area contributed by atoms with Gasteiger partial charge in [0.25, 0.3) is 0 Å². The number of hydrogen-bond donors (Lipinski definition) is 2. The van der Waals surface area contributed by atoms with Gasteiger partial charge in [-0.05, 0) is 25.0 Å². The molecular formula is C11H23ClN2OS. The summed E-state index contributed by atoms with van der Waals surface area (Å²) in [6.45, 7) is 2.71. The lowest BCUT2D eigenvalue weighted by Crippen LogP contribution is -2.52. The summed E-state index contributed by atoms with van der Waals surface area (Å²) < 4.78 is 0. The molecule has 0 unspecified atom stereocenters. The first-order chi connectivity index (χ1) is 7.22. The Labute approximate surface area is 109 Å². The minimum atomic E-state index is -0.0795. The monoisotopic (exact) mass is 266 g/mol. The highest BCUT2D eigenvalue weighted by molar-refractivity contribution is 7.99. The van der Waals surface area contributed by atoms with Crippen LogP contribution in [0.15, 0.2) is 0 Å². The number of hydrogen-bond acceptors (Lipinski definition) is 3. The molecule has 3 N–H and O–H groups in total. The van der Waals surface area contributed by atoms with Crippen molar-refractivity contribution in [3.8, 4) is 0 Å². The average Bonchev–Trinajstić information content (AvgIpc) is 2.67. The topological polar surface area (TPSA) is 55.1 Å². The van der Waals surface area contributed by atoms with Crippen LogP contribution in [0.4, 0.5) is 0 Å². The van der Waals surface area contributed by atoms with Gasteiger partial charge in [-0.2, -0.15) is 11.8 Å². The molecule has 1 saturated carbocycles. The first-order valence-corrected chi connectivity index (χ1v) is 6.97. The van der Waals surface area contributed by atoms with Crippen LogP contribution in [-0.2, 0) is 4.79 Å². The summed E-state index contributed by atoms with van der Waals surface area (Å²) in [7, 11) is 0. The Balaban J connectivity index is 0.00000225. The molecule has 1 aliphatic carbocycles. The van der Waals surface area contributed by atoms with E-state index in [0.717, 1.165) is 25.0 Å². The largest absolute Gasteiger partial charge is 0.349 e. The summed E-state index contributed by atoms with van der Waals surface area (Å²) >= 11 is 1.70. The van der Waals surface area contributed by atoms with E-state index in [1.807, 2.05) is 0 Å². The molecule has 1 fully saturated rings. The molecule has 1 amide bonds. The molecule has 1 rings (SSSR count). The highest BCUT2D eigenvalue weighted by Gasteiger charge is 2.33. The maximum absolute atomic E-state index is 11.7. The van der Waals surface area contributed by atoms with Crippen molar-refractivity contribution in [2.24, 2.45) is 5.73 Å². The van der Waals surface area contributed by atoms with E-state index >= 15 is 0 Å². The van der Waals surface area contributed by atoms with E-state index in [1.165, 1.54) is 12.8 Å². The molecule has 16 heavy (non-hydrogen) atoms. The third-order valence-corrected chi connectivity index (χ3v) is 4.10. The van der Waals surface area contributed by atoms with E-state index in [2.05, 4.69) is 12.2 Å². The van der Waals surface area contributed by atoms with Crippen molar-refractivity contribution in [2.75, 3.05) is 18.1 Å². The van der Waals surface area contributed by atoms with Gasteiger partial charge in [0.05, 0.1) is 11.3 Å². The van der Waals surface area contributed by atoms with Crippen molar-refractivity contribution in [1.82, 2.24) is 5.32 Å². The second-order valence-electron chi connectivity index (χ2n) is 4.29. The molecule has 0 aliphatic heterocycles. The number of carbonyl (C=O) groups excluding carboxylic acids is 1. The molecule has 0 spiro atoms. The van der Waals surface area contributed by atoms with Crippen LogP contribution >= 0.6 is 24.2 Å². The summed E-state index contributed by atoms with van der Waals surface area (Å²) in [5, 5.41) is 3.12. The van der Waals surface area contributed by atoms with Gasteiger partial charge in [0.2, 0.25) is 5.91 Å². The zero-order valence-electron chi connectivity index (χ0n) is 9.96. The minimum absolute atomic E-state index is 0. The summed E-state index contributed by atoms with van der Waals surface area (Å²) in [6.07, 6.45) is 5.61. The molecule has 0 aromatic rings. The summed E-state index contributed by atoms with van der Waals surface area (Å²) in [5.41, 5.74) is 5.67. The van der Waals surface area contributed by atoms with E-state index in [-0.39, 0.29) is 23.9 Å². The molecule has 1 aliphatic rings. The fourth-order valence-electron chi connectivity index (χ4n) is 2.07. The van der Waals surface area contributed by atoms with Gasteiger partial charge in [0.15, 0.2) is 0 Å². The van der Waals surface area contributed by atoms with Crippen molar-refractivity contribution in [3.05, 3.63) is 0 Å². The molecular weight excluding hydrogens is 244 g/mol. The van der Waals surface area contributed by atoms with Gasteiger partial charge in [0, 0.05) is 6.54 Å². The molecule has 0 atom stereocenters. The fourth-order valence-corrected chi connectivity index (χ4v) is 2.76. The van der Waals surface area contributed by atoms with E-state index in [9.17, 15) is 4.79 Å². The summed E-state index contributed by atoms with van der Waals surface area (Å²) in [4.78, 5) is 11.7. The smallest absolute Gasteiger partial charge is 0.230 e. The highest BCUT2D eigenvalue weighted by Crippen LogP contribution is 2.28. The maximum atomic E-state index is 11.7. The Morgan fingerprint density at radius 1 is 1.44 bits per heavy atom. The Bertz CT molecular complexity index is 208. The molecule has 0 aromatic heterocycles. The molecule has 5 heteroatoms. The van der Waals surface area contributed by atoms with Gasteiger partial charge in [0.1, 0.15) is 0 Å². The molecule has 96 valence electrons. The molecule has 0 saturated heterocycles. The van der Waals surface area contributed by atoms with Gasteiger partial charge in [-0.25, -0.2) is 0 Å². The molecule has 3 nitrogen and oxygen atoms in total. The number of amides is 1. The van der Waals surface area contributed by atoms with Gasteiger partial charge < -0.3 is 11.1 Å². The second kappa shape index (κ2) is 8.20. The van der Waals surface area contributed by atoms with Crippen LogP contribution in [-0.4, -0.2) is 29.5 Å². The Morgan fingerprint density at radius 3 is 2.56 bits per heavy atom. The third kappa shape index (κ3) is 4.93. The van der Waals surface area contributed by atoms with E-state index in [1.54, 1.807) is 11.8 Å². The van der Waals surface area contributed by atoms with E-state index in [4.69, 9.17) is 5.73 Å². The van der Waals surface area contributed by atoms with Gasteiger partial charge in [-0.3, -0.25) is 4.79 Å². The fraction of sp³-hybridized carbons (Fsp3) is 0.909. The van der Waals surface area contributed by atoms with Gasteiger partial charge in [-0.15, -0.1) is 12.4 Å². The minimum Gasteiger partial charge on any atom is -0.349 e. The van der Waals surface area contributed by atoms with Crippen LogP contribution in [0.2, 0.25) is 0 Å². The van der Waals surface area contributed by atoms with Crippen LogP contribution in [0.3, 0.4) is 0 Å². The Kier molecular flexibility index (Phi) is 8.24. The van der Waals surface area contributed by atoms with Crippen molar-refractivity contribution >= 4 is 30.1 Å². The summed E-state index contributed by atoms with van der Waals surface area (Å²) in [6, 6.07) is 0. The van der Waals surface area contributed by atoms with E-state index in [0.29, 0.717) is 12.3 Å². The zero-order valence-corrected chi connectivity index (χ0v) is 11.6. The average molecular weight is 267 g/mol. The van der Waals surface area contributed by atoms with Crippen LogP contribution < -0.4 is 11.1 Å². The predicted octanol–water partition coefficient (Wildman–Crippen LogP) is 1.94. The number of nitrogens with two attached hydrogens (primary N) is 1. The zero-order chi connectivity index (χ0) is 11.1. The quantitative estimate of drug-likeness (QED) is 0.723. The van der Waals surface area contributed by atoms with Crippen molar-refractivity contribution in [1.29, 1.82) is 0 Å². The molecule has 0 aromatic carbocycles. The van der Waals surface area contributed by atoms with Crippen molar-refractivity contribution < 1.29 is 4.79 Å². The lowest BCUT2D eigenvalue weighted by atomic mass is 9.98. The standard InChI is InChI=1S/C11H22N2OS.ClH/c1-2-7-15-8-10(14)13-11(9-12)5-3-4-6-11;/h2-9,12H2,1H3,(H,13,14);1H. The van der Waals surface area contributed by atoms with Crippen molar-refractivity contribution in [3.63, 3.8) is 0 Å². The van der Waals surface area contributed by atoms with Gasteiger partial charge in [-0.1, -0.05) is 19.8 Å². The van der Waals surface area contributed by atoms with Crippen LogP contribution in [0.25, 0.3) is 0 Å². The first kappa shape index (κ1) is 16.1. The maximum Gasteiger partial charge on any atom is 0.230 e. The van der Waals surface area contributed by atoms with Gasteiger partial charge >= 0.3 is 0 Å². The number of rotatable bonds is 6. The number of thioether (sulfide) groups is 1. The summed E-state index contributed by atoms with van der Waals surface area (Å²) in [5.74, 6) is 1.79. The van der Waals surface area contributed by atoms with E-state index < -0.39 is 0 Å². The highest BCUT2D eigenvalue weighted by atomic mass is 35.5. The van der Waals surface area contributed by atoms with Crippen LogP contribution in [0.1, 0.15) is 39.0 Å². The SMILES string of the molecule is CCCSCC(=O)NC1(CN)CCCC1.Cl. The van der Waals surface area contributed by atoms with Crippen molar-refractivity contribution in [2.45, 2.75) is 44.6 Å². The lowest BCUT2D eigenvalue weighted by Gasteiger charge is -2.28. The Morgan fingerprint density at radius 2 is 2.06 bits per heavy atom. The van der Waals surface area contributed by atoms with Crippen LogP contribution in [0, 0.1) is 0 Å². The number of halogens is 1. The van der Waals surface area contributed by atoms with Crippen LogP contribution in [0.5, 0.6) is 0 Å². The lowest BCUT2D eigenvalue weighted by molar-refractivity contribution is -0.120. The molecule has 0 bridgehead atoms. The first-order valence-electron chi connectivity index (χ1n) is 5.81. The third-order valence-electron chi connectivity index (χ3n) is 2.94. The molecule has 0 heterocycles. The Hall–Kier alpha value is 0.0700. The number of nitrogens with one attached hydrogen (secondary N) is 1.